The first-order chi connectivity index (χ1) is 8.63. The Morgan fingerprint density at radius 3 is 3.11 bits per heavy atom. The molecule has 2 rings (SSSR count). The quantitative estimate of drug-likeness (QED) is 0.626. The fraction of sp³-hybridized carbons (Fsp3) is 0.538. The predicted octanol–water partition coefficient (Wildman–Crippen LogP) is 1.37. The number of amidine groups is 1. The Balaban J connectivity index is 2.36. The molecule has 0 aromatic carbocycles. The van der Waals surface area contributed by atoms with E-state index in [1.807, 2.05) is 0 Å². The molecule has 2 heterocycles. The zero-order chi connectivity index (χ0) is 13.1. The molecule has 1 aliphatic heterocycles. The molecule has 5 heteroatoms. The molecule has 18 heavy (non-hydrogen) atoms. The van der Waals surface area contributed by atoms with E-state index in [0.717, 1.165) is 24.2 Å². The van der Waals surface area contributed by atoms with Crippen LogP contribution in [0.4, 0.5) is 5.69 Å². The Labute approximate surface area is 107 Å². The fourth-order valence-corrected chi connectivity index (χ4v) is 2.32. The highest BCUT2D eigenvalue weighted by atomic mass is 16.5. The van der Waals surface area contributed by atoms with E-state index in [4.69, 9.17) is 15.9 Å². The lowest BCUT2D eigenvalue weighted by Crippen LogP contribution is -2.49. The van der Waals surface area contributed by atoms with E-state index in [2.05, 4.69) is 23.7 Å². The first kappa shape index (κ1) is 12.8. The topological polar surface area (TPSA) is 75.2 Å². The molecule has 1 aromatic rings. The van der Waals surface area contributed by atoms with Crippen LogP contribution in [0.15, 0.2) is 18.5 Å². The third-order valence-electron chi connectivity index (χ3n) is 3.34. The van der Waals surface area contributed by atoms with Gasteiger partial charge in [0.05, 0.1) is 30.6 Å². The lowest BCUT2D eigenvalue weighted by Gasteiger charge is -2.40. The largest absolute Gasteiger partial charge is 0.384 e. The Bertz CT molecular complexity index is 435. The average Bonchev–Trinajstić information content (AvgIpc) is 2.38. The van der Waals surface area contributed by atoms with Gasteiger partial charge in [0, 0.05) is 18.3 Å². The van der Waals surface area contributed by atoms with Crippen LogP contribution in [0.5, 0.6) is 0 Å². The van der Waals surface area contributed by atoms with Crippen molar-refractivity contribution in [1.29, 1.82) is 5.41 Å². The molecule has 1 saturated heterocycles. The summed E-state index contributed by atoms with van der Waals surface area (Å²) in [6, 6.07) is 2.12. The summed E-state index contributed by atoms with van der Waals surface area (Å²) in [5, 5.41) is 7.66. The van der Waals surface area contributed by atoms with Gasteiger partial charge in [-0.15, -0.1) is 0 Å². The summed E-state index contributed by atoms with van der Waals surface area (Å²) < 4.78 is 5.69. The summed E-state index contributed by atoms with van der Waals surface area (Å²) in [5.41, 5.74) is 7.33. The molecule has 2 unspecified atom stereocenters. The van der Waals surface area contributed by atoms with Gasteiger partial charge in [0.1, 0.15) is 5.84 Å². The molecule has 5 nitrogen and oxygen atoms in total. The normalized spacial score (nSPS) is 24.0. The van der Waals surface area contributed by atoms with Crippen LogP contribution in [0.1, 0.15) is 25.8 Å². The first-order valence-corrected chi connectivity index (χ1v) is 6.30. The van der Waals surface area contributed by atoms with Crippen LogP contribution in [0.2, 0.25) is 0 Å². The lowest BCUT2D eigenvalue weighted by molar-refractivity contribution is 0.0299. The van der Waals surface area contributed by atoms with Gasteiger partial charge in [-0.25, -0.2) is 0 Å². The van der Waals surface area contributed by atoms with E-state index in [9.17, 15) is 0 Å². The van der Waals surface area contributed by atoms with Crippen LogP contribution in [0.3, 0.4) is 0 Å². The summed E-state index contributed by atoms with van der Waals surface area (Å²) in [5.74, 6) is 0.0846. The van der Waals surface area contributed by atoms with E-state index in [-0.39, 0.29) is 11.9 Å². The van der Waals surface area contributed by atoms with Crippen LogP contribution >= 0.6 is 0 Å². The molecule has 98 valence electrons. The van der Waals surface area contributed by atoms with E-state index in [0.29, 0.717) is 12.6 Å². The number of anilines is 1. The minimum Gasteiger partial charge on any atom is -0.384 e. The molecule has 0 bridgehead atoms. The van der Waals surface area contributed by atoms with Crippen LogP contribution < -0.4 is 10.6 Å². The number of nitrogen functional groups attached to an aromatic ring is 1. The Kier molecular flexibility index (Phi) is 3.81. The van der Waals surface area contributed by atoms with E-state index >= 15 is 0 Å². The second kappa shape index (κ2) is 5.35. The number of nitrogens with zero attached hydrogens (tertiary/aromatic N) is 2. The van der Waals surface area contributed by atoms with E-state index < -0.39 is 0 Å². The highest BCUT2D eigenvalue weighted by Crippen LogP contribution is 2.25. The van der Waals surface area contributed by atoms with Crippen LogP contribution in [0.25, 0.3) is 0 Å². The maximum absolute atomic E-state index is 7.66. The summed E-state index contributed by atoms with van der Waals surface area (Å²) in [6.07, 6.45) is 4.65. The van der Waals surface area contributed by atoms with Crippen molar-refractivity contribution < 1.29 is 4.74 Å². The Morgan fingerprint density at radius 2 is 2.44 bits per heavy atom. The van der Waals surface area contributed by atoms with Crippen molar-refractivity contribution in [1.82, 2.24) is 4.98 Å². The predicted molar refractivity (Wildman–Crippen MR) is 72.1 cm³/mol. The van der Waals surface area contributed by atoms with E-state index in [1.54, 1.807) is 18.5 Å². The van der Waals surface area contributed by atoms with Gasteiger partial charge in [-0.05, 0) is 19.4 Å². The molecule has 1 aliphatic rings. The standard InChI is InChI=1S/C13H20N4O/c1-3-10-8-18-9(2)7-17(10)12-6-16-5-4-11(12)13(14)15/h4-6,9-10H,3,7-8H2,1-2H3,(H3,14,15). The van der Waals surface area contributed by atoms with Crippen LogP contribution in [0, 0.1) is 5.41 Å². The zero-order valence-corrected chi connectivity index (χ0v) is 10.9. The van der Waals surface area contributed by atoms with Gasteiger partial charge in [0.25, 0.3) is 0 Å². The molecule has 1 fully saturated rings. The monoisotopic (exact) mass is 248 g/mol. The second-order valence-electron chi connectivity index (χ2n) is 4.66. The van der Waals surface area contributed by atoms with Crippen LogP contribution in [-0.2, 0) is 4.74 Å². The molecule has 2 atom stereocenters. The number of ether oxygens (including phenoxy) is 1. The Morgan fingerprint density at radius 1 is 1.67 bits per heavy atom. The summed E-state index contributed by atoms with van der Waals surface area (Å²) >= 11 is 0. The van der Waals surface area contributed by atoms with Gasteiger partial charge < -0.3 is 15.4 Å². The number of nitrogens with two attached hydrogens (primary N) is 1. The molecule has 0 saturated carbocycles. The summed E-state index contributed by atoms with van der Waals surface area (Å²) in [4.78, 5) is 6.42. The molecule has 0 spiro atoms. The second-order valence-corrected chi connectivity index (χ2v) is 4.66. The maximum atomic E-state index is 7.66. The lowest BCUT2D eigenvalue weighted by atomic mass is 10.1. The highest BCUT2D eigenvalue weighted by Gasteiger charge is 2.27. The van der Waals surface area contributed by atoms with Gasteiger partial charge in [-0.1, -0.05) is 6.92 Å². The first-order valence-electron chi connectivity index (χ1n) is 6.30. The molecule has 3 N–H and O–H groups in total. The summed E-state index contributed by atoms with van der Waals surface area (Å²) in [7, 11) is 0. The number of pyridine rings is 1. The number of nitrogens with one attached hydrogen (secondary N) is 1. The number of aromatic nitrogens is 1. The molecule has 0 aliphatic carbocycles. The van der Waals surface area contributed by atoms with Crippen molar-refractivity contribution in [2.45, 2.75) is 32.4 Å². The van der Waals surface area contributed by atoms with Crippen molar-refractivity contribution in [3.05, 3.63) is 24.0 Å². The van der Waals surface area contributed by atoms with Gasteiger partial charge in [0.15, 0.2) is 0 Å². The van der Waals surface area contributed by atoms with E-state index in [1.165, 1.54) is 0 Å². The summed E-state index contributed by atoms with van der Waals surface area (Å²) in [6.45, 7) is 5.72. The van der Waals surface area contributed by atoms with Gasteiger partial charge in [-0.2, -0.15) is 0 Å². The minimum absolute atomic E-state index is 0.0846. The van der Waals surface area contributed by atoms with Crippen molar-refractivity contribution in [3.8, 4) is 0 Å². The SMILES string of the molecule is CCC1COC(C)CN1c1cnccc1C(=N)N. The third kappa shape index (κ3) is 2.46. The minimum atomic E-state index is 0.0846. The van der Waals surface area contributed by atoms with Gasteiger partial charge >= 0.3 is 0 Å². The van der Waals surface area contributed by atoms with Gasteiger partial charge in [0.2, 0.25) is 0 Å². The average molecular weight is 248 g/mol. The number of rotatable bonds is 3. The number of hydrogen-bond donors (Lipinski definition) is 2. The number of morpholine rings is 1. The molecular formula is C13H20N4O. The third-order valence-corrected chi connectivity index (χ3v) is 3.34. The van der Waals surface area contributed by atoms with Gasteiger partial charge in [-0.3, -0.25) is 10.4 Å². The molecular weight excluding hydrogens is 228 g/mol. The number of hydrogen-bond acceptors (Lipinski definition) is 4. The van der Waals surface area contributed by atoms with Crippen LogP contribution in [-0.4, -0.2) is 36.1 Å². The van der Waals surface area contributed by atoms with Crippen molar-refractivity contribution >= 4 is 11.5 Å². The molecule has 0 amide bonds. The Hall–Kier alpha value is -1.62. The van der Waals surface area contributed by atoms with Crippen molar-refractivity contribution in [2.75, 3.05) is 18.1 Å². The highest BCUT2D eigenvalue weighted by molar-refractivity contribution is 6.00. The smallest absolute Gasteiger partial charge is 0.125 e. The fourth-order valence-electron chi connectivity index (χ4n) is 2.32. The van der Waals surface area contributed by atoms with Crippen molar-refractivity contribution in [2.24, 2.45) is 5.73 Å². The molecule has 0 radical (unpaired) electrons. The zero-order valence-electron chi connectivity index (χ0n) is 10.9. The maximum Gasteiger partial charge on any atom is 0.125 e. The molecule has 1 aromatic heterocycles. The van der Waals surface area contributed by atoms with Crippen molar-refractivity contribution in [3.63, 3.8) is 0 Å².